The molecule has 0 saturated heterocycles. The summed E-state index contributed by atoms with van der Waals surface area (Å²) < 4.78 is 26.4. The number of hydrogen-bond donors (Lipinski definition) is 2. The molecule has 0 heterocycles. The van der Waals surface area contributed by atoms with Crippen molar-refractivity contribution >= 4 is 29.0 Å². The number of urea groups is 1. The molecular weight excluding hydrogens is 286 g/mol. The third kappa shape index (κ3) is 3.45. The fraction of sp³-hybridized carbons (Fsp3) is 0.0714. The molecule has 2 aromatic carbocycles. The number of halogens is 3. The van der Waals surface area contributed by atoms with Crippen LogP contribution in [0.25, 0.3) is 0 Å². The second kappa shape index (κ2) is 5.88. The maximum atomic E-state index is 13.4. The Labute approximate surface area is 119 Å². The molecule has 20 heavy (non-hydrogen) atoms. The number of benzene rings is 2. The molecule has 0 bridgehead atoms. The highest BCUT2D eigenvalue weighted by atomic mass is 35.5. The molecule has 6 heteroatoms. The first-order chi connectivity index (χ1) is 9.45. The van der Waals surface area contributed by atoms with Gasteiger partial charge in [0.05, 0.1) is 5.69 Å². The van der Waals surface area contributed by atoms with Crippen LogP contribution in [0, 0.1) is 18.6 Å². The number of carbonyl (C=O) groups excluding carboxylic acids is 1. The molecule has 3 nitrogen and oxygen atoms in total. The molecule has 2 amide bonds. The fourth-order valence-electron chi connectivity index (χ4n) is 1.60. The largest absolute Gasteiger partial charge is 0.323 e. The lowest BCUT2D eigenvalue weighted by molar-refractivity contribution is 0.262. The molecule has 0 saturated carbocycles. The fourth-order valence-corrected chi connectivity index (χ4v) is 1.77. The third-order valence-corrected chi connectivity index (χ3v) is 2.86. The molecule has 2 aromatic rings. The minimum atomic E-state index is -0.718. The Kier molecular flexibility index (Phi) is 4.20. The Morgan fingerprint density at radius 1 is 1.05 bits per heavy atom. The molecule has 0 unspecified atom stereocenters. The van der Waals surface area contributed by atoms with E-state index in [4.69, 9.17) is 11.6 Å². The average Bonchev–Trinajstić information content (AvgIpc) is 2.38. The molecule has 0 aliphatic carbocycles. The van der Waals surface area contributed by atoms with Crippen molar-refractivity contribution in [2.45, 2.75) is 6.92 Å². The summed E-state index contributed by atoms with van der Waals surface area (Å²) >= 11 is 5.83. The molecular formula is C14H11ClF2N2O. The van der Waals surface area contributed by atoms with E-state index < -0.39 is 17.7 Å². The summed E-state index contributed by atoms with van der Waals surface area (Å²) in [6.45, 7) is 1.79. The van der Waals surface area contributed by atoms with Gasteiger partial charge in [0, 0.05) is 16.8 Å². The van der Waals surface area contributed by atoms with Gasteiger partial charge in [-0.1, -0.05) is 17.7 Å². The van der Waals surface area contributed by atoms with E-state index in [-0.39, 0.29) is 5.69 Å². The predicted molar refractivity (Wildman–Crippen MR) is 75.2 cm³/mol. The number of anilines is 2. The highest BCUT2D eigenvalue weighted by molar-refractivity contribution is 6.31. The Balaban J connectivity index is 2.13. The smallest absolute Gasteiger partial charge is 0.307 e. The van der Waals surface area contributed by atoms with Crippen LogP contribution in [0.15, 0.2) is 36.4 Å². The number of aryl methyl sites for hydroxylation is 1. The monoisotopic (exact) mass is 296 g/mol. The Hall–Kier alpha value is -2.14. The van der Waals surface area contributed by atoms with Gasteiger partial charge in [0.15, 0.2) is 0 Å². The third-order valence-electron chi connectivity index (χ3n) is 2.62. The van der Waals surface area contributed by atoms with Crippen molar-refractivity contribution in [2.75, 3.05) is 10.6 Å². The van der Waals surface area contributed by atoms with E-state index in [0.29, 0.717) is 10.7 Å². The maximum absolute atomic E-state index is 13.4. The Bertz CT molecular complexity index is 606. The highest BCUT2D eigenvalue weighted by Gasteiger charge is 2.09. The lowest BCUT2D eigenvalue weighted by Gasteiger charge is -2.10. The molecule has 2 N–H and O–H groups in total. The maximum Gasteiger partial charge on any atom is 0.323 e. The topological polar surface area (TPSA) is 41.1 Å². The van der Waals surface area contributed by atoms with Gasteiger partial charge in [-0.15, -0.1) is 0 Å². The Morgan fingerprint density at radius 3 is 2.50 bits per heavy atom. The minimum absolute atomic E-state index is 0.234. The summed E-state index contributed by atoms with van der Waals surface area (Å²) in [5.74, 6) is -1.36. The zero-order valence-corrected chi connectivity index (χ0v) is 11.3. The van der Waals surface area contributed by atoms with Crippen LogP contribution in [-0.4, -0.2) is 6.03 Å². The summed E-state index contributed by atoms with van der Waals surface area (Å²) in [6.07, 6.45) is 0. The molecule has 0 aliphatic heterocycles. The first-order valence-corrected chi connectivity index (χ1v) is 6.13. The van der Waals surface area contributed by atoms with Crippen molar-refractivity contribution in [2.24, 2.45) is 0 Å². The van der Waals surface area contributed by atoms with E-state index in [1.165, 1.54) is 0 Å². The van der Waals surface area contributed by atoms with Gasteiger partial charge in [-0.05, 0) is 36.8 Å². The van der Waals surface area contributed by atoms with Crippen LogP contribution >= 0.6 is 11.6 Å². The number of amides is 2. The van der Waals surface area contributed by atoms with Crippen LogP contribution in [0.1, 0.15) is 5.56 Å². The van der Waals surface area contributed by atoms with Crippen LogP contribution in [0.2, 0.25) is 5.02 Å². The van der Waals surface area contributed by atoms with E-state index in [0.717, 1.165) is 23.8 Å². The van der Waals surface area contributed by atoms with E-state index in [9.17, 15) is 13.6 Å². The summed E-state index contributed by atoms with van der Waals surface area (Å²) in [5, 5.41) is 5.22. The van der Waals surface area contributed by atoms with E-state index in [1.807, 2.05) is 0 Å². The number of hydrogen-bond acceptors (Lipinski definition) is 1. The zero-order chi connectivity index (χ0) is 14.7. The second-order valence-electron chi connectivity index (χ2n) is 4.16. The van der Waals surface area contributed by atoms with Gasteiger partial charge in [-0.3, -0.25) is 0 Å². The van der Waals surface area contributed by atoms with Crippen molar-refractivity contribution in [1.82, 2.24) is 0 Å². The van der Waals surface area contributed by atoms with E-state index in [1.54, 1.807) is 25.1 Å². The normalized spacial score (nSPS) is 10.2. The molecule has 0 atom stereocenters. The minimum Gasteiger partial charge on any atom is -0.307 e. The van der Waals surface area contributed by atoms with Crippen LogP contribution in [0.3, 0.4) is 0 Å². The van der Waals surface area contributed by atoms with Crippen molar-refractivity contribution in [1.29, 1.82) is 0 Å². The molecule has 0 spiro atoms. The summed E-state index contributed by atoms with van der Waals surface area (Å²) in [7, 11) is 0. The molecule has 0 aromatic heterocycles. The van der Waals surface area contributed by atoms with Crippen LogP contribution in [0.5, 0.6) is 0 Å². The molecule has 2 rings (SSSR count). The zero-order valence-electron chi connectivity index (χ0n) is 10.5. The van der Waals surface area contributed by atoms with Crippen molar-refractivity contribution in [3.05, 3.63) is 58.6 Å². The van der Waals surface area contributed by atoms with Crippen LogP contribution in [0.4, 0.5) is 25.0 Å². The van der Waals surface area contributed by atoms with Crippen molar-refractivity contribution in [3.63, 3.8) is 0 Å². The number of nitrogens with one attached hydrogen (secondary N) is 2. The van der Waals surface area contributed by atoms with Crippen molar-refractivity contribution in [3.8, 4) is 0 Å². The second-order valence-corrected chi connectivity index (χ2v) is 4.60. The standard InChI is InChI=1S/C14H11ClF2N2O/c1-8-2-3-9(15)6-12(8)18-14(20)19-13-7-10(16)4-5-11(13)17/h2-7H,1H3,(H2,18,19,20). The predicted octanol–water partition coefficient (Wildman–Crippen LogP) is 4.57. The van der Waals surface area contributed by atoms with Gasteiger partial charge < -0.3 is 10.6 Å². The van der Waals surface area contributed by atoms with Gasteiger partial charge in [-0.25, -0.2) is 13.6 Å². The number of rotatable bonds is 2. The van der Waals surface area contributed by atoms with Gasteiger partial charge in [0.25, 0.3) is 0 Å². The van der Waals surface area contributed by atoms with Gasteiger partial charge in [0.2, 0.25) is 0 Å². The van der Waals surface area contributed by atoms with Crippen LogP contribution < -0.4 is 10.6 Å². The van der Waals surface area contributed by atoms with E-state index >= 15 is 0 Å². The average molecular weight is 297 g/mol. The van der Waals surface area contributed by atoms with Gasteiger partial charge in [-0.2, -0.15) is 0 Å². The quantitative estimate of drug-likeness (QED) is 0.837. The first-order valence-electron chi connectivity index (χ1n) is 5.75. The van der Waals surface area contributed by atoms with Gasteiger partial charge >= 0.3 is 6.03 Å². The molecule has 0 fully saturated rings. The van der Waals surface area contributed by atoms with Crippen molar-refractivity contribution < 1.29 is 13.6 Å². The highest BCUT2D eigenvalue weighted by Crippen LogP contribution is 2.21. The Morgan fingerprint density at radius 2 is 1.75 bits per heavy atom. The SMILES string of the molecule is Cc1ccc(Cl)cc1NC(=O)Nc1cc(F)ccc1F. The molecule has 104 valence electrons. The summed E-state index contributed by atoms with van der Waals surface area (Å²) in [4.78, 5) is 11.8. The first kappa shape index (κ1) is 14.3. The summed E-state index contributed by atoms with van der Waals surface area (Å²) in [6, 6.07) is 7.13. The van der Waals surface area contributed by atoms with Crippen LogP contribution in [-0.2, 0) is 0 Å². The molecule has 0 radical (unpaired) electrons. The lowest BCUT2D eigenvalue weighted by atomic mass is 10.2. The molecule has 0 aliphatic rings. The summed E-state index contributed by atoms with van der Waals surface area (Å²) in [5.41, 5.74) is 1.05. The van der Waals surface area contributed by atoms with E-state index in [2.05, 4.69) is 10.6 Å². The number of carbonyl (C=O) groups is 1. The van der Waals surface area contributed by atoms with Gasteiger partial charge in [0.1, 0.15) is 11.6 Å². The lowest BCUT2D eigenvalue weighted by Crippen LogP contribution is -2.20.